The molecule has 0 fully saturated rings. The third kappa shape index (κ3) is 1.51. The van der Waals surface area contributed by atoms with E-state index in [9.17, 15) is 0 Å². The van der Waals surface area contributed by atoms with Crippen molar-refractivity contribution in [1.29, 1.82) is 0 Å². The summed E-state index contributed by atoms with van der Waals surface area (Å²) in [7, 11) is 0. The molecule has 0 saturated carbocycles. The Morgan fingerprint density at radius 3 is 2.55 bits per heavy atom. The van der Waals surface area contributed by atoms with Crippen LogP contribution in [-0.4, -0.2) is 9.97 Å². The molecule has 0 radical (unpaired) electrons. The van der Waals surface area contributed by atoms with E-state index < -0.39 is 0 Å². The second kappa shape index (κ2) is 4.04. The summed E-state index contributed by atoms with van der Waals surface area (Å²) in [5.41, 5.74) is 5.26. The second-order valence-corrected chi connectivity index (χ2v) is 5.63. The van der Waals surface area contributed by atoms with Gasteiger partial charge in [0.05, 0.1) is 16.4 Å². The largest absolute Gasteiger partial charge is 0.436 e. The highest BCUT2D eigenvalue weighted by Gasteiger charge is 2.13. The lowest BCUT2D eigenvalue weighted by Crippen LogP contribution is -1.84. The predicted octanol–water partition coefficient (Wildman–Crippen LogP) is 4.99. The number of hydrogen-bond donors (Lipinski definition) is 0. The minimum atomic E-state index is 0.599. The van der Waals surface area contributed by atoms with Gasteiger partial charge in [-0.2, -0.15) is 0 Å². The Labute approximate surface area is 126 Å². The number of rotatable bonds is 0. The van der Waals surface area contributed by atoms with Crippen molar-refractivity contribution < 1.29 is 4.42 Å². The lowest BCUT2D eigenvalue weighted by molar-refractivity contribution is 0.655. The van der Waals surface area contributed by atoms with Crippen molar-refractivity contribution in [2.75, 3.05) is 0 Å². The van der Waals surface area contributed by atoms with Crippen LogP contribution < -0.4 is 0 Å². The summed E-state index contributed by atoms with van der Waals surface area (Å²) in [5, 5.41) is 3.40. The van der Waals surface area contributed by atoms with Gasteiger partial charge in [0.25, 0.3) is 0 Å². The SMILES string of the molecule is Cc1ccc2c(ccc3oc4nc5ccccc5nc4c32)c1. The van der Waals surface area contributed by atoms with Crippen molar-refractivity contribution in [1.82, 2.24) is 9.97 Å². The third-order valence-electron chi connectivity index (χ3n) is 4.12. The molecule has 22 heavy (non-hydrogen) atoms. The van der Waals surface area contributed by atoms with Crippen molar-refractivity contribution in [3.63, 3.8) is 0 Å². The Morgan fingerprint density at radius 2 is 1.68 bits per heavy atom. The maximum absolute atomic E-state index is 5.93. The number of para-hydroxylation sites is 2. The van der Waals surface area contributed by atoms with Crippen molar-refractivity contribution in [2.45, 2.75) is 6.92 Å². The summed E-state index contributed by atoms with van der Waals surface area (Å²) in [5.74, 6) is 0. The number of furan rings is 1. The first-order valence-electron chi connectivity index (χ1n) is 7.28. The van der Waals surface area contributed by atoms with Gasteiger partial charge in [-0.25, -0.2) is 9.97 Å². The Bertz CT molecular complexity index is 1190. The number of benzene rings is 3. The monoisotopic (exact) mass is 284 g/mol. The van der Waals surface area contributed by atoms with E-state index in [1.165, 1.54) is 10.9 Å². The van der Waals surface area contributed by atoms with Crippen LogP contribution >= 0.6 is 0 Å². The molecule has 0 unspecified atom stereocenters. The van der Waals surface area contributed by atoms with E-state index in [1.807, 2.05) is 30.3 Å². The second-order valence-electron chi connectivity index (χ2n) is 5.63. The zero-order valence-electron chi connectivity index (χ0n) is 12.0. The first-order valence-corrected chi connectivity index (χ1v) is 7.28. The van der Waals surface area contributed by atoms with Crippen LogP contribution in [-0.2, 0) is 0 Å². The smallest absolute Gasteiger partial charge is 0.246 e. The maximum Gasteiger partial charge on any atom is 0.246 e. The topological polar surface area (TPSA) is 38.9 Å². The highest BCUT2D eigenvalue weighted by molar-refractivity contribution is 6.17. The van der Waals surface area contributed by atoms with Crippen LogP contribution in [0.15, 0.2) is 59.0 Å². The number of fused-ring (bicyclic) bond motifs is 6. The molecule has 2 heterocycles. The van der Waals surface area contributed by atoms with Crippen LogP contribution in [0.3, 0.4) is 0 Å². The summed E-state index contributed by atoms with van der Waals surface area (Å²) < 4.78 is 5.93. The molecule has 0 N–H and O–H groups in total. The Kier molecular flexibility index (Phi) is 2.15. The van der Waals surface area contributed by atoms with Crippen molar-refractivity contribution in [2.24, 2.45) is 0 Å². The molecule has 0 bridgehead atoms. The fourth-order valence-corrected chi connectivity index (χ4v) is 3.08. The zero-order valence-corrected chi connectivity index (χ0v) is 12.0. The predicted molar refractivity (Wildman–Crippen MR) is 89.1 cm³/mol. The number of hydrogen-bond acceptors (Lipinski definition) is 3. The number of aromatic nitrogens is 2. The quantitative estimate of drug-likeness (QED) is 0.402. The van der Waals surface area contributed by atoms with E-state index in [2.05, 4.69) is 36.2 Å². The molecular formula is C19H12N2O. The average Bonchev–Trinajstić information content (AvgIpc) is 2.90. The molecule has 0 aliphatic heterocycles. The first-order chi connectivity index (χ1) is 10.8. The van der Waals surface area contributed by atoms with Crippen LogP contribution in [0.2, 0.25) is 0 Å². The highest BCUT2D eigenvalue weighted by atomic mass is 16.3. The summed E-state index contributed by atoms with van der Waals surface area (Å²) >= 11 is 0. The van der Waals surface area contributed by atoms with E-state index in [0.717, 1.165) is 32.9 Å². The fraction of sp³-hybridized carbons (Fsp3) is 0.0526. The molecule has 0 aliphatic rings. The van der Waals surface area contributed by atoms with Crippen LogP contribution in [0.5, 0.6) is 0 Å². The number of nitrogens with zero attached hydrogens (tertiary/aromatic N) is 2. The highest BCUT2D eigenvalue weighted by Crippen LogP contribution is 2.33. The lowest BCUT2D eigenvalue weighted by atomic mass is 10.0. The van der Waals surface area contributed by atoms with Crippen molar-refractivity contribution >= 4 is 44.0 Å². The lowest BCUT2D eigenvalue weighted by Gasteiger charge is -2.01. The van der Waals surface area contributed by atoms with Gasteiger partial charge in [0, 0.05) is 0 Å². The Balaban J connectivity index is 2.05. The van der Waals surface area contributed by atoms with Gasteiger partial charge in [-0.3, -0.25) is 0 Å². The van der Waals surface area contributed by atoms with E-state index in [1.54, 1.807) is 0 Å². The minimum Gasteiger partial charge on any atom is -0.436 e. The van der Waals surface area contributed by atoms with Gasteiger partial charge in [0.2, 0.25) is 5.71 Å². The molecule has 3 aromatic carbocycles. The first kappa shape index (κ1) is 11.7. The normalized spacial score (nSPS) is 11.9. The summed E-state index contributed by atoms with van der Waals surface area (Å²) in [6.45, 7) is 2.10. The van der Waals surface area contributed by atoms with Gasteiger partial charge < -0.3 is 4.42 Å². The molecule has 0 spiro atoms. The summed E-state index contributed by atoms with van der Waals surface area (Å²) in [6, 6.07) is 18.4. The van der Waals surface area contributed by atoms with Crippen LogP contribution in [0, 0.1) is 6.92 Å². The molecule has 3 nitrogen and oxygen atoms in total. The van der Waals surface area contributed by atoms with Crippen LogP contribution in [0.1, 0.15) is 5.56 Å². The van der Waals surface area contributed by atoms with E-state index >= 15 is 0 Å². The maximum atomic E-state index is 5.93. The van der Waals surface area contributed by atoms with Gasteiger partial charge in [-0.1, -0.05) is 42.0 Å². The number of aryl methyl sites for hydroxylation is 1. The van der Waals surface area contributed by atoms with Gasteiger partial charge in [-0.05, 0) is 35.9 Å². The average molecular weight is 284 g/mol. The van der Waals surface area contributed by atoms with Gasteiger partial charge in [-0.15, -0.1) is 0 Å². The molecule has 104 valence electrons. The molecule has 3 heteroatoms. The van der Waals surface area contributed by atoms with E-state index in [0.29, 0.717) is 5.71 Å². The fourth-order valence-electron chi connectivity index (χ4n) is 3.08. The standard InChI is InChI=1S/C19H12N2O/c1-11-6-8-13-12(10-11)7-9-16-17(13)18-19(22-16)21-15-5-3-2-4-14(15)20-18/h2-10H,1H3. The molecule has 5 rings (SSSR count). The molecule has 0 atom stereocenters. The summed E-state index contributed by atoms with van der Waals surface area (Å²) in [6.07, 6.45) is 0. The van der Waals surface area contributed by atoms with E-state index in [4.69, 9.17) is 9.40 Å². The summed E-state index contributed by atoms with van der Waals surface area (Å²) in [4.78, 5) is 9.39. The van der Waals surface area contributed by atoms with Gasteiger partial charge in [0.15, 0.2) is 0 Å². The van der Waals surface area contributed by atoms with Crippen LogP contribution in [0.25, 0.3) is 44.0 Å². The van der Waals surface area contributed by atoms with Gasteiger partial charge in [0.1, 0.15) is 11.1 Å². The molecule has 0 aliphatic carbocycles. The van der Waals surface area contributed by atoms with Gasteiger partial charge >= 0.3 is 0 Å². The Morgan fingerprint density at radius 1 is 0.864 bits per heavy atom. The molecular weight excluding hydrogens is 272 g/mol. The minimum absolute atomic E-state index is 0.599. The van der Waals surface area contributed by atoms with Crippen molar-refractivity contribution in [3.05, 3.63) is 60.2 Å². The third-order valence-corrected chi connectivity index (χ3v) is 4.12. The molecule has 5 aromatic rings. The Hall–Kier alpha value is -2.94. The van der Waals surface area contributed by atoms with Crippen LogP contribution in [0.4, 0.5) is 0 Å². The van der Waals surface area contributed by atoms with E-state index in [-0.39, 0.29) is 0 Å². The molecule has 0 saturated heterocycles. The molecule has 0 amide bonds. The zero-order chi connectivity index (χ0) is 14.7. The molecule has 2 aromatic heterocycles. The van der Waals surface area contributed by atoms with Crippen molar-refractivity contribution in [3.8, 4) is 0 Å².